The van der Waals surface area contributed by atoms with E-state index in [0.29, 0.717) is 15.9 Å². The van der Waals surface area contributed by atoms with Crippen molar-refractivity contribution in [3.8, 4) is 0 Å². The molecule has 94 valence electrons. The molecule has 0 radical (unpaired) electrons. The lowest BCUT2D eigenvalue weighted by molar-refractivity contribution is 0.945. The minimum Gasteiger partial charge on any atom is -0.383 e. The summed E-state index contributed by atoms with van der Waals surface area (Å²) in [6.07, 6.45) is 0. The lowest BCUT2D eigenvalue weighted by Crippen LogP contribution is -2.09. The third-order valence-electron chi connectivity index (χ3n) is 2.31. The standard InChI is InChI=1S/C12H12ClN3OS/c1-7-2-3-8(9(13)4-7)6-18-12-15-10(14)5-11(17)16-12/h2-5H,6H2,1H3,(H3,14,15,16,17). The van der Waals surface area contributed by atoms with Gasteiger partial charge >= 0.3 is 0 Å². The molecule has 0 amide bonds. The summed E-state index contributed by atoms with van der Waals surface area (Å²) in [5.41, 5.74) is 7.37. The topological polar surface area (TPSA) is 71.8 Å². The maximum atomic E-state index is 11.2. The molecular weight excluding hydrogens is 270 g/mol. The van der Waals surface area contributed by atoms with E-state index in [9.17, 15) is 4.79 Å². The molecule has 1 aromatic carbocycles. The van der Waals surface area contributed by atoms with Crippen LogP contribution < -0.4 is 11.3 Å². The van der Waals surface area contributed by atoms with Crippen LogP contribution in [0, 0.1) is 6.92 Å². The third-order valence-corrected chi connectivity index (χ3v) is 3.59. The number of anilines is 1. The minimum atomic E-state index is -0.250. The monoisotopic (exact) mass is 281 g/mol. The Hall–Kier alpha value is -1.46. The molecule has 0 atom stereocenters. The molecule has 0 aliphatic heterocycles. The highest BCUT2D eigenvalue weighted by Gasteiger charge is 2.04. The van der Waals surface area contributed by atoms with Gasteiger partial charge in [-0.1, -0.05) is 35.5 Å². The van der Waals surface area contributed by atoms with Gasteiger partial charge in [-0.2, -0.15) is 0 Å². The highest BCUT2D eigenvalue weighted by atomic mass is 35.5. The van der Waals surface area contributed by atoms with Crippen LogP contribution in [0.5, 0.6) is 0 Å². The molecule has 4 nitrogen and oxygen atoms in total. The van der Waals surface area contributed by atoms with Crippen molar-refractivity contribution in [2.45, 2.75) is 17.8 Å². The first-order chi connectivity index (χ1) is 8.54. The van der Waals surface area contributed by atoms with Crippen molar-refractivity contribution in [1.82, 2.24) is 9.97 Å². The second-order valence-electron chi connectivity index (χ2n) is 3.86. The highest BCUT2D eigenvalue weighted by molar-refractivity contribution is 7.98. The smallest absolute Gasteiger partial charge is 0.253 e. The zero-order valence-corrected chi connectivity index (χ0v) is 11.3. The number of aromatic amines is 1. The van der Waals surface area contributed by atoms with Crippen molar-refractivity contribution in [2.24, 2.45) is 0 Å². The van der Waals surface area contributed by atoms with E-state index in [1.807, 2.05) is 25.1 Å². The summed E-state index contributed by atoms with van der Waals surface area (Å²) < 4.78 is 0. The maximum Gasteiger partial charge on any atom is 0.253 e. The molecule has 0 fully saturated rings. The second kappa shape index (κ2) is 5.46. The van der Waals surface area contributed by atoms with Crippen LogP contribution in [-0.2, 0) is 5.75 Å². The predicted octanol–water partition coefficient (Wildman–Crippen LogP) is 2.61. The lowest BCUT2D eigenvalue weighted by Gasteiger charge is -2.05. The van der Waals surface area contributed by atoms with Gasteiger partial charge in [0.2, 0.25) is 0 Å². The Morgan fingerprint density at radius 2 is 2.22 bits per heavy atom. The molecule has 2 aromatic rings. The van der Waals surface area contributed by atoms with Crippen molar-refractivity contribution in [1.29, 1.82) is 0 Å². The van der Waals surface area contributed by atoms with Crippen LogP contribution >= 0.6 is 23.4 Å². The van der Waals surface area contributed by atoms with Crippen molar-refractivity contribution >= 4 is 29.2 Å². The van der Waals surface area contributed by atoms with Crippen molar-refractivity contribution < 1.29 is 0 Å². The zero-order chi connectivity index (χ0) is 13.1. The van der Waals surface area contributed by atoms with Crippen LogP contribution in [0.25, 0.3) is 0 Å². The summed E-state index contributed by atoms with van der Waals surface area (Å²) in [6, 6.07) is 7.13. The van der Waals surface area contributed by atoms with E-state index in [2.05, 4.69) is 9.97 Å². The molecule has 0 unspecified atom stereocenters. The first-order valence-corrected chi connectivity index (χ1v) is 6.65. The second-order valence-corrected chi connectivity index (χ2v) is 5.23. The predicted molar refractivity (Wildman–Crippen MR) is 75.0 cm³/mol. The van der Waals surface area contributed by atoms with E-state index in [0.717, 1.165) is 11.1 Å². The van der Waals surface area contributed by atoms with Gasteiger partial charge in [0.05, 0.1) is 0 Å². The Labute approximate surface area is 114 Å². The summed E-state index contributed by atoms with van der Waals surface area (Å²) in [6.45, 7) is 1.99. The number of hydrogen-bond donors (Lipinski definition) is 2. The average molecular weight is 282 g/mol. The molecule has 3 N–H and O–H groups in total. The van der Waals surface area contributed by atoms with Crippen LogP contribution in [0.4, 0.5) is 5.82 Å². The van der Waals surface area contributed by atoms with Gasteiger partial charge in [-0.25, -0.2) is 4.98 Å². The fourth-order valence-electron chi connectivity index (χ4n) is 1.44. The van der Waals surface area contributed by atoms with E-state index in [1.54, 1.807) is 0 Å². The van der Waals surface area contributed by atoms with Gasteiger partial charge in [0.25, 0.3) is 5.56 Å². The minimum absolute atomic E-state index is 0.219. The zero-order valence-electron chi connectivity index (χ0n) is 9.74. The molecule has 18 heavy (non-hydrogen) atoms. The molecule has 0 spiro atoms. The number of nitrogens with one attached hydrogen (secondary N) is 1. The van der Waals surface area contributed by atoms with Crippen molar-refractivity contribution in [2.75, 3.05) is 5.73 Å². The molecule has 0 aliphatic rings. The van der Waals surface area contributed by atoms with Gasteiger partial charge in [-0.3, -0.25) is 4.79 Å². The van der Waals surface area contributed by atoms with Crippen LogP contribution in [0.3, 0.4) is 0 Å². The summed E-state index contributed by atoms with van der Waals surface area (Å²) in [5.74, 6) is 0.849. The number of rotatable bonds is 3. The molecule has 1 heterocycles. The number of benzene rings is 1. The van der Waals surface area contributed by atoms with E-state index in [4.69, 9.17) is 17.3 Å². The van der Waals surface area contributed by atoms with Gasteiger partial charge in [-0.15, -0.1) is 0 Å². The summed E-state index contributed by atoms with van der Waals surface area (Å²) in [7, 11) is 0. The number of nitrogens with two attached hydrogens (primary N) is 1. The number of nitrogens with zero attached hydrogens (tertiary/aromatic N) is 1. The summed E-state index contributed by atoms with van der Waals surface area (Å²) in [5, 5.41) is 1.21. The maximum absolute atomic E-state index is 11.2. The number of aryl methyl sites for hydroxylation is 1. The van der Waals surface area contributed by atoms with Crippen LogP contribution in [0.1, 0.15) is 11.1 Å². The van der Waals surface area contributed by atoms with Gasteiger partial charge in [0.1, 0.15) is 5.82 Å². The number of thioether (sulfide) groups is 1. The molecule has 0 saturated carbocycles. The molecule has 0 saturated heterocycles. The fourth-order valence-corrected chi connectivity index (χ4v) is 2.70. The summed E-state index contributed by atoms with van der Waals surface area (Å²) in [4.78, 5) is 17.9. The first-order valence-electron chi connectivity index (χ1n) is 5.29. The molecule has 0 aliphatic carbocycles. The van der Waals surface area contributed by atoms with Crippen molar-refractivity contribution in [3.63, 3.8) is 0 Å². The van der Waals surface area contributed by atoms with Crippen LogP contribution in [-0.4, -0.2) is 9.97 Å². The molecule has 6 heteroatoms. The lowest BCUT2D eigenvalue weighted by atomic mass is 10.2. The quantitative estimate of drug-likeness (QED) is 0.670. The Kier molecular flexibility index (Phi) is 3.93. The third kappa shape index (κ3) is 3.27. The van der Waals surface area contributed by atoms with Gasteiger partial charge in [0.15, 0.2) is 5.16 Å². The molecule has 0 bridgehead atoms. The molecule has 2 rings (SSSR count). The average Bonchev–Trinajstić information content (AvgIpc) is 2.26. The van der Waals surface area contributed by atoms with E-state index in [1.165, 1.54) is 17.8 Å². The number of H-pyrrole nitrogens is 1. The Morgan fingerprint density at radius 1 is 1.44 bits per heavy atom. The van der Waals surface area contributed by atoms with Crippen LogP contribution in [0.2, 0.25) is 5.02 Å². The van der Waals surface area contributed by atoms with Gasteiger partial charge < -0.3 is 10.7 Å². The van der Waals surface area contributed by atoms with Gasteiger partial charge in [0, 0.05) is 16.8 Å². The number of halogens is 1. The Bertz CT molecular complexity index is 627. The summed E-state index contributed by atoms with van der Waals surface area (Å²) >= 11 is 7.52. The Morgan fingerprint density at radius 3 is 2.89 bits per heavy atom. The number of aromatic nitrogens is 2. The molecular formula is C12H12ClN3OS. The van der Waals surface area contributed by atoms with Crippen LogP contribution in [0.15, 0.2) is 34.2 Å². The number of nitrogen functional groups attached to an aromatic ring is 1. The molecule has 1 aromatic heterocycles. The van der Waals surface area contributed by atoms with E-state index < -0.39 is 0 Å². The number of hydrogen-bond acceptors (Lipinski definition) is 4. The van der Waals surface area contributed by atoms with E-state index >= 15 is 0 Å². The van der Waals surface area contributed by atoms with Gasteiger partial charge in [-0.05, 0) is 24.1 Å². The fraction of sp³-hybridized carbons (Fsp3) is 0.167. The highest BCUT2D eigenvalue weighted by Crippen LogP contribution is 2.25. The largest absolute Gasteiger partial charge is 0.383 e. The SMILES string of the molecule is Cc1ccc(CSc2nc(N)cc(=O)[nH]2)c(Cl)c1. The normalized spacial score (nSPS) is 10.6. The Balaban J connectivity index is 2.13. The first kappa shape index (κ1) is 13.0. The van der Waals surface area contributed by atoms with Crippen molar-refractivity contribution in [3.05, 3.63) is 50.8 Å². The van der Waals surface area contributed by atoms with E-state index in [-0.39, 0.29) is 11.4 Å².